The SMILES string of the molecule is COc1cc(/C=C2/SC(=S)N(c3ccc(Br)cc3)C2=O)cc(OC)c1. The van der Waals surface area contributed by atoms with Crippen molar-refractivity contribution in [1.82, 2.24) is 0 Å². The normalized spacial score (nSPS) is 15.8. The van der Waals surface area contributed by atoms with E-state index >= 15 is 0 Å². The number of halogens is 1. The van der Waals surface area contributed by atoms with E-state index in [1.54, 1.807) is 26.4 Å². The summed E-state index contributed by atoms with van der Waals surface area (Å²) in [5.74, 6) is 1.18. The van der Waals surface area contributed by atoms with E-state index < -0.39 is 0 Å². The summed E-state index contributed by atoms with van der Waals surface area (Å²) >= 11 is 10.1. The van der Waals surface area contributed by atoms with Gasteiger partial charge in [-0.3, -0.25) is 9.69 Å². The number of amides is 1. The highest BCUT2D eigenvalue weighted by molar-refractivity contribution is 9.10. The van der Waals surface area contributed by atoms with Gasteiger partial charge in [-0.05, 0) is 48.0 Å². The fourth-order valence-electron chi connectivity index (χ4n) is 2.34. The number of thiocarbonyl (C=S) groups is 1. The number of ether oxygens (including phenoxy) is 2. The largest absolute Gasteiger partial charge is 0.497 e. The Morgan fingerprint density at radius 3 is 2.24 bits per heavy atom. The number of nitrogens with zero attached hydrogens (tertiary/aromatic N) is 1. The molecule has 2 aromatic rings. The molecule has 0 aliphatic carbocycles. The quantitative estimate of drug-likeness (QED) is 0.505. The van der Waals surface area contributed by atoms with Crippen LogP contribution in [-0.4, -0.2) is 24.4 Å². The molecule has 1 heterocycles. The molecule has 0 spiro atoms. The van der Waals surface area contributed by atoms with E-state index in [1.165, 1.54) is 16.7 Å². The van der Waals surface area contributed by atoms with Gasteiger partial charge in [-0.2, -0.15) is 0 Å². The molecule has 0 bridgehead atoms. The topological polar surface area (TPSA) is 38.8 Å². The highest BCUT2D eigenvalue weighted by atomic mass is 79.9. The van der Waals surface area contributed by atoms with Gasteiger partial charge in [0.05, 0.1) is 24.8 Å². The maximum absolute atomic E-state index is 12.8. The summed E-state index contributed by atoms with van der Waals surface area (Å²) in [7, 11) is 3.18. The number of anilines is 1. The van der Waals surface area contributed by atoms with Crippen LogP contribution in [0.4, 0.5) is 5.69 Å². The third kappa shape index (κ3) is 3.89. The van der Waals surface area contributed by atoms with Crippen LogP contribution in [0, 0.1) is 0 Å². The minimum absolute atomic E-state index is 0.140. The Bertz CT molecular complexity index is 843. The summed E-state index contributed by atoms with van der Waals surface area (Å²) in [6, 6.07) is 12.9. The van der Waals surface area contributed by atoms with E-state index in [0.717, 1.165) is 15.7 Å². The van der Waals surface area contributed by atoms with Crippen molar-refractivity contribution in [3.63, 3.8) is 0 Å². The molecule has 0 saturated carbocycles. The Labute approximate surface area is 163 Å². The average Bonchev–Trinajstić information content (AvgIpc) is 2.89. The molecule has 1 aliphatic rings. The van der Waals surface area contributed by atoms with Crippen molar-refractivity contribution in [2.75, 3.05) is 19.1 Å². The van der Waals surface area contributed by atoms with Crippen molar-refractivity contribution >= 4 is 61.9 Å². The van der Waals surface area contributed by atoms with Crippen molar-refractivity contribution in [1.29, 1.82) is 0 Å². The zero-order chi connectivity index (χ0) is 18.0. The first-order chi connectivity index (χ1) is 12.0. The Balaban J connectivity index is 1.94. The lowest BCUT2D eigenvalue weighted by molar-refractivity contribution is -0.113. The summed E-state index contributed by atoms with van der Waals surface area (Å²) in [6.45, 7) is 0. The van der Waals surface area contributed by atoms with Gasteiger partial charge >= 0.3 is 0 Å². The highest BCUT2D eigenvalue weighted by Crippen LogP contribution is 2.37. The van der Waals surface area contributed by atoms with E-state index in [4.69, 9.17) is 21.7 Å². The molecule has 1 aliphatic heterocycles. The van der Waals surface area contributed by atoms with Gasteiger partial charge < -0.3 is 9.47 Å². The van der Waals surface area contributed by atoms with E-state index in [2.05, 4.69) is 15.9 Å². The van der Waals surface area contributed by atoms with Gasteiger partial charge in [0.15, 0.2) is 4.32 Å². The Morgan fingerprint density at radius 2 is 1.68 bits per heavy atom. The fourth-order valence-corrected chi connectivity index (χ4v) is 3.91. The zero-order valence-electron chi connectivity index (χ0n) is 13.5. The van der Waals surface area contributed by atoms with E-state index in [9.17, 15) is 4.79 Å². The second-order valence-electron chi connectivity index (χ2n) is 5.14. The number of carbonyl (C=O) groups excluding carboxylic acids is 1. The van der Waals surface area contributed by atoms with Crippen LogP contribution < -0.4 is 14.4 Å². The number of hydrogen-bond acceptors (Lipinski definition) is 5. The minimum Gasteiger partial charge on any atom is -0.497 e. The summed E-state index contributed by atoms with van der Waals surface area (Å²) in [5.41, 5.74) is 1.56. The van der Waals surface area contributed by atoms with Crippen molar-refractivity contribution in [2.24, 2.45) is 0 Å². The molecule has 0 unspecified atom stereocenters. The van der Waals surface area contributed by atoms with Crippen LogP contribution in [0.5, 0.6) is 11.5 Å². The van der Waals surface area contributed by atoms with Gasteiger partial charge in [-0.1, -0.05) is 39.9 Å². The predicted molar refractivity (Wildman–Crippen MR) is 109 cm³/mol. The molecule has 0 atom stereocenters. The molecule has 0 N–H and O–H groups in total. The van der Waals surface area contributed by atoms with Crippen molar-refractivity contribution < 1.29 is 14.3 Å². The van der Waals surface area contributed by atoms with E-state index in [0.29, 0.717) is 20.7 Å². The summed E-state index contributed by atoms with van der Waals surface area (Å²) < 4.78 is 12.0. The van der Waals surface area contributed by atoms with Crippen LogP contribution in [-0.2, 0) is 4.79 Å². The summed E-state index contributed by atoms with van der Waals surface area (Å²) in [4.78, 5) is 14.9. The molecule has 1 saturated heterocycles. The molecule has 128 valence electrons. The van der Waals surface area contributed by atoms with Gasteiger partial charge in [0.1, 0.15) is 11.5 Å². The van der Waals surface area contributed by atoms with Gasteiger partial charge in [0.25, 0.3) is 5.91 Å². The van der Waals surface area contributed by atoms with Crippen LogP contribution in [0.25, 0.3) is 6.08 Å². The lowest BCUT2D eigenvalue weighted by atomic mass is 10.2. The van der Waals surface area contributed by atoms with Crippen molar-refractivity contribution in [3.05, 3.63) is 57.4 Å². The monoisotopic (exact) mass is 435 g/mol. The molecule has 0 aromatic heterocycles. The smallest absolute Gasteiger partial charge is 0.270 e. The van der Waals surface area contributed by atoms with Gasteiger partial charge in [-0.15, -0.1) is 0 Å². The van der Waals surface area contributed by atoms with Crippen LogP contribution in [0.3, 0.4) is 0 Å². The molecule has 7 heteroatoms. The lowest BCUT2D eigenvalue weighted by Crippen LogP contribution is -2.27. The molecule has 0 radical (unpaired) electrons. The van der Waals surface area contributed by atoms with Gasteiger partial charge in [-0.25, -0.2) is 0 Å². The molecule has 2 aromatic carbocycles. The van der Waals surface area contributed by atoms with E-state index in [1.807, 2.05) is 36.4 Å². The Hall–Kier alpha value is -1.83. The third-order valence-corrected chi connectivity index (χ3v) is 5.38. The Kier molecular flexibility index (Phi) is 5.46. The lowest BCUT2D eigenvalue weighted by Gasteiger charge is -2.14. The number of rotatable bonds is 4. The maximum Gasteiger partial charge on any atom is 0.270 e. The van der Waals surface area contributed by atoms with Crippen LogP contribution >= 0.6 is 39.9 Å². The second-order valence-corrected chi connectivity index (χ2v) is 7.73. The maximum atomic E-state index is 12.8. The third-order valence-electron chi connectivity index (χ3n) is 3.55. The standard InChI is InChI=1S/C18H14BrNO3S2/c1-22-14-7-11(8-15(10-14)23-2)9-16-17(21)20(18(24)25-16)13-5-3-12(19)4-6-13/h3-10H,1-2H3/b16-9+. The first-order valence-electron chi connectivity index (χ1n) is 7.28. The molecule has 4 nitrogen and oxygen atoms in total. The summed E-state index contributed by atoms with van der Waals surface area (Å²) in [5, 5.41) is 0. The molecule has 3 rings (SSSR count). The number of carbonyl (C=O) groups is 1. The number of thioether (sulfide) groups is 1. The van der Waals surface area contributed by atoms with Crippen LogP contribution in [0.2, 0.25) is 0 Å². The minimum atomic E-state index is -0.140. The second kappa shape index (κ2) is 7.59. The number of benzene rings is 2. The molecular weight excluding hydrogens is 422 g/mol. The van der Waals surface area contributed by atoms with Crippen LogP contribution in [0.15, 0.2) is 51.8 Å². The molecule has 1 amide bonds. The van der Waals surface area contributed by atoms with Crippen LogP contribution in [0.1, 0.15) is 5.56 Å². The molecular formula is C18H14BrNO3S2. The first-order valence-corrected chi connectivity index (χ1v) is 9.30. The zero-order valence-corrected chi connectivity index (χ0v) is 16.7. The highest BCUT2D eigenvalue weighted by Gasteiger charge is 2.33. The fraction of sp³-hybridized carbons (Fsp3) is 0.111. The predicted octanol–water partition coefficient (Wildman–Crippen LogP) is 4.87. The number of methoxy groups -OCH3 is 2. The van der Waals surface area contributed by atoms with Crippen molar-refractivity contribution in [3.8, 4) is 11.5 Å². The Morgan fingerprint density at radius 1 is 1.08 bits per heavy atom. The van der Waals surface area contributed by atoms with E-state index in [-0.39, 0.29) is 5.91 Å². The summed E-state index contributed by atoms with van der Waals surface area (Å²) in [6.07, 6.45) is 1.79. The van der Waals surface area contributed by atoms with Gasteiger partial charge in [0, 0.05) is 10.5 Å². The van der Waals surface area contributed by atoms with Crippen molar-refractivity contribution in [2.45, 2.75) is 0 Å². The van der Waals surface area contributed by atoms with Gasteiger partial charge in [0.2, 0.25) is 0 Å². The first kappa shape index (κ1) is 18.0. The molecule has 25 heavy (non-hydrogen) atoms. The average molecular weight is 436 g/mol. The number of hydrogen-bond donors (Lipinski definition) is 0. The molecule has 1 fully saturated rings.